The molecule has 0 amide bonds. The lowest BCUT2D eigenvalue weighted by molar-refractivity contribution is 0.00669. The van der Waals surface area contributed by atoms with E-state index in [4.69, 9.17) is 4.74 Å². The van der Waals surface area contributed by atoms with Crippen LogP contribution >= 0.6 is 0 Å². The summed E-state index contributed by atoms with van der Waals surface area (Å²) in [5.41, 5.74) is 0.531. The van der Waals surface area contributed by atoms with Gasteiger partial charge in [-0.2, -0.15) is 0 Å². The van der Waals surface area contributed by atoms with E-state index in [1.165, 1.54) is 77.5 Å². The van der Waals surface area contributed by atoms with Gasteiger partial charge in [-0.3, -0.25) is 0 Å². The van der Waals surface area contributed by atoms with Crippen molar-refractivity contribution in [3.05, 3.63) is 0 Å². The molecule has 1 atom stereocenters. The summed E-state index contributed by atoms with van der Waals surface area (Å²) in [6.07, 6.45) is 11.4. The fourth-order valence-corrected chi connectivity index (χ4v) is 4.05. The number of methoxy groups -OCH3 is 1. The highest BCUT2D eigenvalue weighted by Gasteiger charge is 2.34. The Morgan fingerprint density at radius 2 is 2.00 bits per heavy atom. The van der Waals surface area contributed by atoms with Gasteiger partial charge in [0, 0.05) is 26.7 Å². The fraction of sp³-hybridized carbons (Fsp3) is 1.00. The zero-order valence-corrected chi connectivity index (χ0v) is 13.6. The molecule has 1 unspecified atom stereocenters. The third-order valence-corrected chi connectivity index (χ3v) is 5.20. The number of rotatable bonds is 7. The minimum Gasteiger partial charge on any atom is -0.380 e. The minimum atomic E-state index is 0.466. The van der Waals surface area contributed by atoms with Crippen LogP contribution in [0.4, 0.5) is 0 Å². The Hall–Kier alpha value is -0.120. The highest BCUT2D eigenvalue weighted by Crippen LogP contribution is 2.37. The Morgan fingerprint density at radius 1 is 1.20 bits per heavy atom. The molecular weight excluding hydrogens is 248 g/mol. The van der Waals surface area contributed by atoms with Crippen LogP contribution < -0.4 is 5.32 Å². The molecule has 2 fully saturated rings. The molecule has 3 heteroatoms. The van der Waals surface area contributed by atoms with Crippen LogP contribution in [-0.4, -0.2) is 50.8 Å². The number of nitrogens with zero attached hydrogens (tertiary/aromatic N) is 1. The highest BCUT2D eigenvalue weighted by atomic mass is 16.5. The second-order valence-corrected chi connectivity index (χ2v) is 6.97. The summed E-state index contributed by atoms with van der Waals surface area (Å²) in [6.45, 7) is 8.34. The van der Waals surface area contributed by atoms with Gasteiger partial charge in [0.1, 0.15) is 0 Å². The molecule has 2 aliphatic rings. The van der Waals surface area contributed by atoms with Crippen LogP contribution in [0.5, 0.6) is 0 Å². The average Bonchev–Trinajstić information content (AvgIpc) is 2.48. The predicted molar refractivity (Wildman–Crippen MR) is 85.1 cm³/mol. The molecule has 0 aromatic heterocycles. The van der Waals surface area contributed by atoms with Crippen molar-refractivity contribution < 1.29 is 4.74 Å². The monoisotopic (exact) mass is 282 g/mol. The van der Waals surface area contributed by atoms with Crippen molar-refractivity contribution in [2.75, 3.05) is 39.8 Å². The predicted octanol–water partition coefficient (Wildman–Crippen LogP) is 3.05. The van der Waals surface area contributed by atoms with Crippen molar-refractivity contribution >= 4 is 0 Å². The summed E-state index contributed by atoms with van der Waals surface area (Å²) < 4.78 is 5.58. The number of piperidine rings is 1. The van der Waals surface area contributed by atoms with Gasteiger partial charge in [0.05, 0.1) is 6.10 Å². The van der Waals surface area contributed by atoms with Crippen LogP contribution in [0.25, 0.3) is 0 Å². The van der Waals surface area contributed by atoms with Gasteiger partial charge < -0.3 is 15.0 Å². The summed E-state index contributed by atoms with van der Waals surface area (Å²) in [6, 6.07) is 0. The largest absolute Gasteiger partial charge is 0.380 e. The van der Waals surface area contributed by atoms with E-state index in [9.17, 15) is 0 Å². The Balaban J connectivity index is 1.88. The maximum atomic E-state index is 5.58. The van der Waals surface area contributed by atoms with E-state index in [-0.39, 0.29) is 0 Å². The van der Waals surface area contributed by atoms with E-state index in [0.717, 1.165) is 6.54 Å². The van der Waals surface area contributed by atoms with E-state index in [2.05, 4.69) is 17.1 Å². The summed E-state index contributed by atoms with van der Waals surface area (Å²) in [4.78, 5) is 2.68. The van der Waals surface area contributed by atoms with Gasteiger partial charge in [0.15, 0.2) is 0 Å². The maximum Gasteiger partial charge on any atom is 0.0698 e. The molecule has 0 bridgehead atoms. The van der Waals surface area contributed by atoms with Crippen LogP contribution in [0.3, 0.4) is 0 Å². The molecule has 1 aliphatic heterocycles. The first kappa shape index (κ1) is 16.3. The van der Waals surface area contributed by atoms with Gasteiger partial charge in [-0.15, -0.1) is 0 Å². The molecule has 20 heavy (non-hydrogen) atoms. The molecule has 0 spiro atoms. The molecule has 0 aromatic rings. The first-order valence-corrected chi connectivity index (χ1v) is 8.74. The van der Waals surface area contributed by atoms with Gasteiger partial charge in [-0.05, 0) is 50.6 Å². The molecule has 1 aliphatic carbocycles. The van der Waals surface area contributed by atoms with Crippen molar-refractivity contribution in [1.29, 1.82) is 0 Å². The number of hydrogen-bond acceptors (Lipinski definition) is 3. The lowest BCUT2D eigenvalue weighted by atomic mass is 9.73. The van der Waals surface area contributed by atoms with Gasteiger partial charge >= 0.3 is 0 Å². The molecule has 1 heterocycles. The minimum absolute atomic E-state index is 0.466. The summed E-state index contributed by atoms with van der Waals surface area (Å²) in [7, 11) is 1.87. The van der Waals surface area contributed by atoms with Gasteiger partial charge in [-0.25, -0.2) is 0 Å². The first-order chi connectivity index (χ1) is 9.78. The zero-order chi connectivity index (χ0) is 14.3. The molecule has 0 radical (unpaired) electrons. The van der Waals surface area contributed by atoms with E-state index >= 15 is 0 Å². The van der Waals surface area contributed by atoms with E-state index in [0.29, 0.717) is 11.5 Å². The molecule has 118 valence electrons. The lowest BCUT2D eigenvalue weighted by Crippen LogP contribution is -2.49. The summed E-state index contributed by atoms with van der Waals surface area (Å²) >= 11 is 0. The quantitative estimate of drug-likeness (QED) is 0.726. The lowest BCUT2D eigenvalue weighted by Gasteiger charge is -2.43. The molecular formula is C17H34N2O. The smallest absolute Gasteiger partial charge is 0.0698 e. The van der Waals surface area contributed by atoms with Crippen LogP contribution in [-0.2, 0) is 4.74 Å². The SMILES string of the molecule is CCCNCC1(CN2CCCC(OC)C2)CCCCC1. The van der Waals surface area contributed by atoms with Crippen LogP contribution in [0.1, 0.15) is 58.3 Å². The van der Waals surface area contributed by atoms with E-state index in [1.807, 2.05) is 7.11 Å². The van der Waals surface area contributed by atoms with E-state index < -0.39 is 0 Å². The van der Waals surface area contributed by atoms with Crippen molar-refractivity contribution in [2.24, 2.45) is 5.41 Å². The number of likely N-dealkylation sites (tertiary alicyclic amines) is 1. The Kier molecular flexibility index (Phi) is 6.79. The first-order valence-electron chi connectivity index (χ1n) is 8.74. The van der Waals surface area contributed by atoms with Gasteiger partial charge in [0.25, 0.3) is 0 Å². The number of nitrogens with one attached hydrogen (secondary N) is 1. The molecule has 1 saturated carbocycles. The van der Waals surface area contributed by atoms with Crippen LogP contribution in [0, 0.1) is 5.41 Å². The average molecular weight is 282 g/mol. The topological polar surface area (TPSA) is 24.5 Å². The fourth-order valence-electron chi connectivity index (χ4n) is 4.05. The molecule has 0 aromatic carbocycles. The van der Waals surface area contributed by atoms with Crippen molar-refractivity contribution in [1.82, 2.24) is 10.2 Å². The highest BCUT2D eigenvalue weighted by molar-refractivity contribution is 4.89. The Labute approximate surface area is 125 Å². The molecule has 2 rings (SSSR count). The number of hydrogen-bond donors (Lipinski definition) is 1. The molecule has 1 N–H and O–H groups in total. The normalized spacial score (nSPS) is 27.6. The summed E-state index contributed by atoms with van der Waals surface area (Å²) in [5.74, 6) is 0. The van der Waals surface area contributed by atoms with Crippen LogP contribution in [0.15, 0.2) is 0 Å². The Morgan fingerprint density at radius 3 is 2.70 bits per heavy atom. The van der Waals surface area contributed by atoms with Gasteiger partial charge in [0.2, 0.25) is 0 Å². The van der Waals surface area contributed by atoms with Crippen molar-refractivity contribution in [3.63, 3.8) is 0 Å². The zero-order valence-electron chi connectivity index (χ0n) is 13.6. The van der Waals surface area contributed by atoms with Crippen molar-refractivity contribution in [2.45, 2.75) is 64.4 Å². The molecule has 1 saturated heterocycles. The van der Waals surface area contributed by atoms with Gasteiger partial charge in [-0.1, -0.05) is 26.2 Å². The number of ether oxygens (including phenoxy) is 1. The second kappa shape index (κ2) is 8.35. The van der Waals surface area contributed by atoms with Crippen molar-refractivity contribution in [3.8, 4) is 0 Å². The Bertz CT molecular complexity index is 264. The summed E-state index contributed by atoms with van der Waals surface area (Å²) in [5, 5.41) is 3.70. The second-order valence-electron chi connectivity index (χ2n) is 6.97. The third kappa shape index (κ3) is 4.71. The van der Waals surface area contributed by atoms with E-state index in [1.54, 1.807) is 0 Å². The van der Waals surface area contributed by atoms with Crippen LogP contribution in [0.2, 0.25) is 0 Å². The third-order valence-electron chi connectivity index (χ3n) is 5.20. The maximum absolute atomic E-state index is 5.58. The standard InChI is InChI=1S/C17H34N2O/c1-3-11-18-14-17(9-5-4-6-10-17)15-19-12-7-8-16(13-19)20-2/h16,18H,3-15H2,1-2H3. The molecule has 3 nitrogen and oxygen atoms in total.